The smallest absolute Gasteiger partial charge is 0.358 e. The normalized spacial score (nSPS) is 21.2. The van der Waals surface area contributed by atoms with Crippen LogP contribution in [0.2, 0.25) is 0 Å². The van der Waals surface area contributed by atoms with Crippen molar-refractivity contribution < 1.29 is 26.3 Å². The van der Waals surface area contributed by atoms with Crippen LogP contribution in [0.3, 0.4) is 0 Å². The van der Waals surface area contributed by atoms with E-state index in [0.717, 1.165) is 25.7 Å². The van der Waals surface area contributed by atoms with E-state index in [1.807, 2.05) is 19.0 Å². The first kappa shape index (κ1) is 21.7. The molecule has 0 aromatic heterocycles. The zero-order valence-electron chi connectivity index (χ0n) is 14.8. The second-order valence-electron chi connectivity index (χ2n) is 6.81. The topological polar surface area (TPSA) is 27.3 Å². The monoisotopic (exact) mass is 413 g/mol. The molecule has 2 atom stereocenters. The summed E-state index contributed by atoms with van der Waals surface area (Å²) in [6.45, 7) is 0. The van der Waals surface area contributed by atoms with Gasteiger partial charge in [-0.25, -0.2) is 0 Å². The average molecular weight is 413 g/mol. The predicted octanol–water partition coefficient (Wildman–Crippen LogP) is 4.88. The van der Waals surface area contributed by atoms with Gasteiger partial charge >= 0.3 is 12.4 Å². The molecular weight excluding hydrogens is 392 g/mol. The fraction of sp³-hybridized carbons (Fsp3) is 0.588. The Kier molecular flexibility index (Phi) is 6.62. The Hall–Kier alpha value is -1.55. The van der Waals surface area contributed by atoms with Gasteiger partial charge in [0.05, 0.1) is 11.1 Å². The van der Waals surface area contributed by atoms with Gasteiger partial charge in [0.15, 0.2) is 5.11 Å². The zero-order valence-corrected chi connectivity index (χ0v) is 15.7. The van der Waals surface area contributed by atoms with E-state index in [1.165, 1.54) is 0 Å². The summed E-state index contributed by atoms with van der Waals surface area (Å²) in [4.78, 5) is 2.03. The van der Waals surface area contributed by atoms with E-state index in [0.29, 0.717) is 12.1 Å². The van der Waals surface area contributed by atoms with Crippen LogP contribution < -0.4 is 10.6 Å². The molecule has 0 heterocycles. The molecule has 1 aliphatic rings. The first-order valence-electron chi connectivity index (χ1n) is 8.41. The molecule has 0 saturated heterocycles. The molecule has 1 saturated carbocycles. The highest BCUT2D eigenvalue weighted by Gasteiger charge is 2.37. The van der Waals surface area contributed by atoms with Gasteiger partial charge in [0.1, 0.15) is 0 Å². The number of rotatable bonds is 3. The van der Waals surface area contributed by atoms with Crippen molar-refractivity contribution in [3.05, 3.63) is 29.3 Å². The number of hydrogen-bond acceptors (Lipinski definition) is 2. The lowest BCUT2D eigenvalue weighted by molar-refractivity contribution is -0.143. The zero-order chi connectivity index (χ0) is 20.4. The van der Waals surface area contributed by atoms with E-state index in [2.05, 4.69) is 10.6 Å². The van der Waals surface area contributed by atoms with Crippen LogP contribution in [0, 0.1) is 0 Å². The van der Waals surface area contributed by atoms with Crippen molar-refractivity contribution in [1.82, 2.24) is 10.2 Å². The maximum absolute atomic E-state index is 12.9. The van der Waals surface area contributed by atoms with E-state index >= 15 is 0 Å². The lowest BCUT2D eigenvalue weighted by Gasteiger charge is -2.37. The number of alkyl halides is 6. The highest BCUT2D eigenvalue weighted by molar-refractivity contribution is 7.80. The molecule has 1 aromatic carbocycles. The quantitative estimate of drug-likeness (QED) is 0.546. The summed E-state index contributed by atoms with van der Waals surface area (Å²) in [5.74, 6) is 0. The van der Waals surface area contributed by atoms with Gasteiger partial charge in [0.25, 0.3) is 0 Å². The van der Waals surface area contributed by atoms with Gasteiger partial charge in [-0.15, -0.1) is 0 Å². The molecule has 3 nitrogen and oxygen atoms in total. The third-order valence-corrected chi connectivity index (χ3v) is 4.77. The number of hydrogen-bond donors (Lipinski definition) is 2. The van der Waals surface area contributed by atoms with E-state index in [4.69, 9.17) is 12.2 Å². The molecule has 1 fully saturated rings. The molecule has 0 aliphatic heterocycles. The van der Waals surface area contributed by atoms with Gasteiger partial charge in [-0.05, 0) is 57.4 Å². The number of nitrogens with zero attached hydrogens (tertiary/aromatic N) is 1. The molecule has 0 spiro atoms. The highest BCUT2D eigenvalue weighted by Crippen LogP contribution is 2.37. The van der Waals surface area contributed by atoms with Gasteiger partial charge in [0, 0.05) is 17.8 Å². The van der Waals surface area contributed by atoms with Gasteiger partial charge in [-0.2, -0.15) is 26.3 Å². The Labute approximate surface area is 159 Å². The molecule has 0 unspecified atom stereocenters. The Morgan fingerprint density at radius 2 is 1.48 bits per heavy atom. The van der Waals surface area contributed by atoms with E-state index < -0.39 is 23.5 Å². The Bertz CT molecular complexity index is 639. The average Bonchev–Trinajstić information content (AvgIpc) is 2.53. The van der Waals surface area contributed by atoms with Gasteiger partial charge in [-0.1, -0.05) is 12.8 Å². The van der Waals surface area contributed by atoms with Gasteiger partial charge in [0.2, 0.25) is 0 Å². The minimum Gasteiger partial charge on any atom is -0.358 e. The first-order valence-corrected chi connectivity index (χ1v) is 8.82. The number of benzene rings is 1. The number of thiocarbonyl (C=S) groups is 1. The molecule has 0 amide bonds. The number of nitrogens with one attached hydrogen (secondary N) is 2. The second kappa shape index (κ2) is 8.22. The minimum atomic E-state index is -4.90. The van der Waals surface area contributed by atoms with E-state index in [-0.39, 0.29) is 28.9 Å². The lowest BCUT2D eigenvalue weighted by atomic mass is 9.90. The maximum Gasteiger partial charge on any atom is 0.416 e. The van der Waals surface area contributed by atoms with Crippen molar-refractivity contribution in [3.63, 3.8) is 0 Å². The molecule has 1 aromatic rings. The van der Waals surface area contributed by atoms with Crippen molar-refractivity contribution in [2.75, 3.05) is 19.4 Å². The second-order valence-corrected chi connectivity index (χ2v) is 7.22. The third-order valence-electron chi connectivity index (χ3n) is 4.55. The summed E-state index contributed by atoms with van der Waals surface area (Å²) in [6.07, 6.45) is -6.00. The standard InChI is InChI=1S/C17H21F6N3S/c1-26(2)14-6-4-3-5-13(14)25-15(27)24-12-8-10(16(18,19)20)7-11(9-12)17(21,22)23/h7-9,13-14H,3-6H2,1-2H3,(H2,24,25,27)/t13-,14+/m0/s1. The minimum absolute atomic E-state index is 0.00111. The Morgan fingerprint density at radius 1 is 0.963 bits per heavy atom. The van der Waals surface area contributed by atoms with Crippen molar-refractivity contribution in [2.45, 2.75) is 50.1 Å². The van der Waals surface area contributed by atoms with Crippen molar-refractivity contribution in [1.29, 1.82) is 0 Å². The molecule has 0 bridgehead atoms. The van der Waals surface area contributed by atoms with Gasteiger partial charge < -0.3 is 15.5 Å². The largest absolute Gasteiger partial charge is 0.416 e. The molecule has 10 heteroatoms. The summed E-state index contributed by atoms with van der Waals surface area (Å²) in [5, 5.41) is 5.51. The Balaban J connectivity index is 2.19. The van der Waals surface area contributed by atoms with Crippen molar-refractivity contribution in [2.24, 2.45) is 0 Å². The van der Waals surface area contributed by atoms with Crippen molar-refractivity contribution in [3.8, 4) is 0 Å². The molecule has 0 radical (unpaired) electrons. The van der Waals surface area contributed by atoms with Crippen molar-refractivity contribution >= 4 is 23.0 Å². The van der Waals surface area contributed by atoms with Crippen LogP contribution in [0.4, 0.5) is 32.0 Å². The van der Waals surface area contributed by atoms with E-state index in [1.54, 1.807) is 0 Å². The molecule has 27 heavy (non-hydrogen) atoms. The third kappa shape index (κ3) is 5.97. The fourth-order valence-corrected chi connectivity index (χ4v) is 3.53. The fourth-order valence-electron chi connectivity index (χ4n) is 3.26. The molecular formula is C17H21F6N3S. The molecule has 1 aliphatic carbocycles. The first-order chi connectivity index (χ1) is 12.4. The molecule has 2 N–H and O–H groups in total. The number of halogens is 6. The van der Waals surface area contributed by atoms with Crippen LogP contribution in [0.5, 0.6) is 0 Å². The maximum atomic E-state index is 12.9. The predicted molar refractivity (Wildman–Crippen MR) is 95.5 cm³/mol. The van der Waals surface area contributed by atoms with Crippen LogP contribution in [0.25, 0.3) is 0 Å². The van der Waals surface area contributed by atoms with Crippen LogP contribution >= 0.6 is 12.2 Å². The van der Waals surface area contributed by atoms with Crippen LogP contribution in [0.15, 0.2) is 18.2 Å². The summed E-state index contributed by atoms with van der Waals surface area (Å²) in [6, 6.07) is 1.48. The summed E-state index contributed by atoms with van der Waals surface area (Å²) < 4.78 is 77.6. The molecule has 152 valence electrons. The van der Waals surface area contributed by atoms with Crippen LogP contribution in [0.1, 0.15) is 36.8 Å². The summed E-state index contributed by atoms with van der Waals surface area (Å²) in [5.41, 5.74) is -3.12. The lowest BCUT2D eigenvalue weighted by Crippen LogP contribution is -2.52. The Morgan fingerprint density at radius 3 is 1.96 bits per heavy atom. The van der Waals surface area contributed by atoms with Crippen LogP contribution in [-0.4, -0.2) is 36.2 Å². The summed E-state index contributed by atoms with van der Waals surface area (Å²) in [7, 11) is 3.84. The highest BCUT2D eigenvalue weighted by atomic mass is 32.1. The van der Waals surface area contributed by atoms with Crippen LogP contribution in [-0.2, 0) is 12.4 Å². The summed E-state index contributed by atoms with van der Waals surface area (Å²) >= 11 is 5.13. The molecule has 2 rings (SSSR count). The van der Waals surface area contributed by atoms with E-state index in [9.17, 15) is 26.3 Å². The number of anilines is 1. The SMILES string of the molecule is CN(C)[C@@H]1CCCC[C@@H]1NC(=S)Nc1cc(C(F)(F)F)cc(C(F)(F)F)c1. The number of likely N-dealkylation sites (N-methyl/N-ethyl adjacent to an activating group) is 1. The van der Waals surface area contributed by atoms with Gasteiger partial charge in [-0.3, -0.25) is 0 Å².